The molecule has 0 amide bonds. The summed E-state index contributed by atoms with van der Waals surface area (Å²) >= 11 is 0. The predicted octanol–water partition coefficient (Wildman–Crippen LogP) is 2.01. The van der Waals surface area contributed by atoms with Crippen LogP contribution in [-0.2, 0) is 0 Å². The van der Waals surface area contributed by atoms with E-state index >= 15 is 0 Å². The second kappa shape index (κ2) is 11.7. The zero-order valence-electron chi connectivity index (χ0n) is 12.0. The van der Waals surface area contributed by atoms with Gasteiger partial charge in [-0.15, -0.1) is 0 Å². The molecule has 0 unspecified atom stereocenters. The maximum atomic E-state index is 5.81. The fourth-order valence-corrected chi connectivity index (χ4v) is 2.47. The first-order chi connectivity index (χ1) is 7.24. The molecule has 0 atom stereocenters. The van der Waals surface area contributed by atoms with Gasteiger partial charge in [-0.25, -0.2) is 0 Å². The molecular weight excluding hydrogens is 186 g/mol. The van der Waals surface area contributed by atoms with Crippen LogP contribution < -0.4 is 18.9 Å². The summed E-state index contributed by atoms with van der Waals surface area (Å²) in [6.07, 6.45) is 17.0. The van der Waals surface area contributed by atoms with Crippen LogP contribution in [0.1, 0.15) is 59.3 Å². The van der Waals surface area contributed by atoms with E-state index < -0.39 is 6.15 Å². The SMILES string of the molecule is C#C[B-](CCCC)(CCCC)CCCC.[Li+]. The summed E-state index contributed by atoms with van der Waals surface area (Å²) in [6.45, 7) is 6.78. The third-order valence-corrected chi connectivity index (χ3v) is 3.68. The molecule has 88 valence electrons. The molecule has 0 aromatic heterocycles. The summed E-state index contributed by atoms with van der Waals surface area (Å²) in [5, 5.41) is 0. The molecule has 0 nitrogen and oxygen atoms in total. The maximum Gasteiger partial charge on any atom is 1.00 e. The van der Waals surface area contributed by atoms with Crippen LogP contribution in [0.4, 0.5) is 0 Å². The van der Waals surface area contributed by atoms with Crippen LogP contribution in [0.15, 0.2) is 0 Å². The van der Waals surface area contributed by atoms with Crippen molar-refractivity contribution in [2.24, 2.45) is 0 Å². The standard InChI is InChI=1S/C14H28B.Li/c1-5-9-12-15(8-4,13-10-6-2)14-11-7-3;/h4H,5-7,9-14H2,1-3H3;/q-1;+1. The van der Waals surface area contributed by atoms with Crippen LogP contribution >= 0.6 is 0 Å². The van der Waals surface area contributed by atoms with Crippen molar-refractivity contribution in [3.63, 3.8) is 0 Å². The third kappa shape index (κ3) is 7.49. The van der Waals surface area contributed by atoms with Crippen LogP contribution in [0.2, 0.25) is 19.0 Å². The van der Waals surface area contributed by atoms with E-state index in [1.807, 2.05) is 0 Å². The van der Waals surface area contributed by atoms with E-state index in [0.29, 0.717) is 0 Å². The van der Waals surface area contributed by atoms with E-state index in [1.165, 1.54) is 57.5 Å². The Labute approximate surface area is 115 Å². The molecule has 0 aromatic rings. The molecular formula is C14H28BLi. The number of terminal acetylenes is 1. The molecule has 0 aliphatic carbocycles. The third-order valence-electron chi connectivity index (χ3n) is 3.68. The molecule has 0 N–H and O–H groups in total. The topological polar surface area (TPSA) is 0 Å². The van der Waals surface area contributed by atoms with Gasteiger partial charge in [-0.05, 0) is 0 Å². The van der Waals surface area contributed by atoms with E-state index in [1.54, 1.807) is 0 Å². The van der Waals surface area contributed by atoms with Crippen LogP contribution in [0, 0.1) is 12.2 Å². The first-order valence-electron chi connectivity index (χ1n) is 6.92. The molecule has 2 heteroatoms. The minimum Gasteiger partial charge on any atom is -0.318 e. The normalized spacial score (nSPS) is 10.6. The van der Waals surface area contributed by atoms with Crippen molar-refractivity contribution in [1.29, 1.82) is 0 Å². The van der Waals surface area contributed by atoms with Crippen LogP contribution in [0.5, 0.6) is 0 Å². The largest absolute Gasteiger partial charge is 1.00 e. The number of hydrogen-bond acceptors (Lipinski definition) is 0. The zero-order chi connectivity index (χ0) is 11.6. The molecule has 0 saturated heterocycles. The van der Waals surface area contributed by atoms with Gasteiger partial charge in [0.1, 0.15) is 0 Å². The Bertz CT molecular complexity index is 162. The van der Waals surface area contributed by atoms with Crippen molar-refractivity contribution in [1.82, 2.24) is 0 Å². The number of rotatable bonds is 9. The molecule has 0 aromatic carbocycles. The van der Waals surface area contributed by atoms with E-state index in [0.717, 1.165) is 0 Å². The summed E-state index contributed by atoms with van der Waals surface area (Å²) in [6, 6.07) is 0. The van der Waals surface area contributed by atoms with Gasteiger partial charge in [-0.2, -0.15) is 25.4 Å². The van der Waals surface area contributed by atoms with Crippen molar-refractivity contribution in [3.05, 3.63) is 0 Å². The molecule has 0 radical (unpaired) electrons. The molecule has 0 aliphatic heterocycles. The Kier molecular flexibility index (Phi) is 13.6. The van der Waals surface area contributed by atoms with E-state index in [4.69, 9.17) is 6.42 Å². The zero-order valence-corrected chi connectivity index (χ0v) is 12.0. The fourth-order valence-electron chi connectivity index (χ4n) is 2.47. The molecule has 0 spiro atoms. The Morgan fingerprint density at radius 1 is 0.812 bits per heavy atom. The van der Waals surface area contributed by atoms with E-state index in [9.17, 15) is 0 Å². The Morgan fingerprint density at radius 2 is 1.12 bits per heavy atom. The summed E-state index contributed by atoms with van der Waals surface area (Å²) in [4.78, 5) is 0. The molecule has 0 fully saturated rings. The number of unbranched alkanes of at least 4 members (excludes halogenated alkanes) is 3. The molecule has 0 saturated carbocycles. The molecule has 0 heterocycles. The van der Waals surface area contributed by atoms with Gasteiger partial charge in [0, 0.05) is 0 Å². The van der Waals surface area contributed by atoms with Crippen molar-refractivity contribution in [3.8, 4) is 12.2 Å². The van der Waals surface area contributed by atoms with Crippen molar-refractivity contribution >= 4 is 6.15 Å². The second-order valence-electron chi connectivity index (χ2n) is 5.07. The quantitative estimate of drug-likeness (QED) is 0.407. The van der Waals surface area contributed by atoms with Gasteiger partial charge in [-0.1, -0.05) is 59.3 Å². The summed E-state index contributed by atoms with van der Waals surface area (Å²) < 4.78 is 0. The van der Waals surface area contributed by atoms with Gasteiger partial charge in [0.25, 0.3) is 0 Å². The molecule has 0 rings (SSSR count). The number of hydrogen-bond donors (Lipinski definition) is 0. The second-order valence-corrected chi connectivity index (χ2v) is 5.07. The minimum absolute atomic E-state index is 0. The molecule has 0 bridgehead atoms. The average Bonchev–Trinajstić information content (AvgIpc) is 2.29. The Hall–Kier alpha value is 0.222. The van der Waals surface area contributed by atoms with Crippen LogP contribution in [0.25, 0.3) is 0 Å². The van der Waals surface area contributed by atoms with E-state index in [2.05, 4.69) is 26.6 Å². The minimum atomic E-state index is -0.464. The Morgan fingerprint density at radius 3 is 1.31 bits per heavy atom. The molecule has 16 heavy (non-hydrogen) atoms. The van der Waals surface area contributed by atoms with Crippen LogP contribution in [-0.4, -0.2) is 6.15 Å². The van der Waals surface area contributed by atoms with Crippen molar-refractivity contribution < 1.29 is 18.9 Å². The van der Waals surface area contributed by atoms with Gasteiger partial charge in [0.15, 0.2) is 0 Å². The smallest absolute Gasteiger partial charge is 0.318 e. The van der Waals surface area contributed by atoms with Crippen molar-refractivity contribution in [2.75, 3.05) is 0 Å². The van der Waals surface area contributed by atoms with E-state index in [-0.39, 0.29) is 18.9 Å². The first-order valence-corrected chi connectivity index (χ1v) is 6.92. The summed E-state index contributed by atoms with van der Waals surface area (Å²) in [5.74, 6) is 3.18. The summed E-state index contributed by atoms with van der Waals surface area (Å²) in [5.41, 5.74) is 0. The van der Waals surface area contributed by atoms with Gasteiger partial charge >= 0.3 is 18.9 Å². The Balaban J connectivity index is 0. The predicted molar refractivity (Wildman–Crippen MR) is 73.7 cm³/mol. The summed E-state index contributed by atoms with van der Waals surface area (Å²) in [7, 11) is 0. The van der Waals surface area contributed by atoms with Crippen LogP contribution in [0.3, 0.4) is 0 Å². The maximum absolute atomic E-state index is 5.81. The van der Waals surface area contributed by atoms with Gasteiger partial charge in [0.05, 0.1) is 6.15 Å². The fraction of sp³-hybridized carbons (Fsp3) is 0.857. The monoisotopic (exact) mass is 214 g/mol. The van der Waals surface area contributed by atoms with Gasteiger partial charge < -0.3 is 5.82 Å². The van der Waals surface area contributed by atoms with Gasteiger partial charge in [-0.3, -0.25) is 0 Å². The average molecular weight is 214 g/mol. The molecule has 0 aliphatic rings. The van der Waals surface area contributed by atoms with Crippen molar-refractivity contribution in [2.45, 2.75) is 78.3 Å². The first kappa shape index (κ1) is 18.6. The van der Waals surface area contributed by atoms with Gasteiger partial charge in [0.2, 0.25) is 0 Å².